The van der Waals surface area contributed by atoms with Gasteiger partial charge in [-0.3, -0.25) is 4.79 Å². The molecule has 0 bridgehead atoms. The van der Waals surface area contributed by atoms with E-state index in [4.69, 9.17) is 5.26 Å². The Morgan fingerprint density at radius 3 is 2.47 bits per heavy atom. The van der Waals surface area contributed by atoms with Crippen molar-refractivity contribution in [3.8, 4) is 6.07 Å². The summed E-state index contributed by atoms with van der Waals surface area (Å²) in [7, 11) is 0. The van der Waals surface area contributed by atoms with E-state index in [1.807, 2.05) is 31.2 Å². The standard InChI is InChI=1S/C15H11BrN2O/c1-10-8-13(6-7-14(10)16)18-15(19)12-4-2-11(9-17)3-5-12/h2-8H,1H3,(H,18,19). The molecule has 1 N–H and O–H groups in total. The second kappa shape index (κ2) is 5.68. The Balaban J connectivity index is 2.16. The molecule has 2 aromatic carbocycles. The van der Waals surface area contributed by atoms with Crippen LogP contribution in [0.2, 0.25) is 0 Å². The van der Waals surface area contributed by atoms with Crippen LogP contribution in [0.3, 0.4) is 0 Å². The smallest absolute Gasteiger partial charge is 0.255 e. The molecule has 4 heteroatoms. The summed E-state index contributed by atoms with van der Waals surface area (Å²) < 4.78 is 1.00. The summed E-state index contributed by atoms with van der Waals surface area (Å²) in [5.74, 6) is -0.189. The van der Waals surface area contributed by atoms with Crippen LogP contribution >= 0.6 is 15.9 Å². The normalized spacial score (nSPS) is 9.74. The summed E-state index contributed by atoms with van der Waals surface area (Å²) in [5.41, 5.74) is 2.86. The summed E-state index contributed by atoms with van der Waals surface area (Å²) in [4.78, 5) is 12.0. The summed E-state index contributed by atoms with van der Waals surface area (Å²) in [6.07, 6.45) is 0. The highest BCUT2D eigenvalue weighted by Gasteiger charge is 2.06. The fourth-order valence-electron chi connectivity index (χ4n) is 1.62. The number of aryl methyl sites for hydroxylation is 1. The Morgan fingerprint density at radius 1 is 1.21 bits per heavy atom. The molecule has 94 valence electrons. The van der Waals surface area contributed by atoms with Gasteiger partial charge in [0.15, 0.2) is 0 Å². The third-order valence-electron chi connectivity index (χ3n) is 2.69. The van der Waals surface area contributed by atoms with Gasteiger partial charge < -0.3 is 5.32 Å². The first-order chi connectivity index (χ1) is 9.10. The number of carbonyl (C=O) groups is 1. The van der Waals surface area contributed by atoms with Crippen LogP contribution in [0, 0.1) is 18.3 Å². The number of hydrogen-bond donors (Lipinski definition) is 1. The first-order valence-corrected chi connectivity index (χ1v) is 6.47. The van der Waals surface area contributed by atoms with Gasteiger partial charge in [-0.1, -0.05) is 15.9 Å². The van der Waals surface area contributed by atoms with Crippen molar-refractivity contribution in [1.29, 1.82) is 5.26 Å². The SMILES string of the molecule is Cc1cc(NC(=O)c2ccc(C#N)cc2)ccc1Br. The molecular formula is C15H11BrN2O. The number of benzene rings is 2. The van der Waals surface area contributed by atoms with Crippen LogP contribution in [0.5, 0.6) is 0 Å². The van der Waals surface area contributed by atoms with Gasteiger partial charge in [0.1, 0.15) is 0 Å². The Morgan fingerprint density at radius 2 is 1.89 bits per heavy atom. The molecule has 0 saturated heterocycles. The quantitative estimate of drug-likeness (QED) is 0.914. The molecular weight excluding hydrogens is 304 g/mol. The highest BCUT2D eigenvalue weighted by atomic mass is 79.9. The van der Waals surface area contributed by atoms with E-state index in [0.29, 0.717) is 11.1 Å². The summed E-state index contributed by atoms with van der Waals surface area (Å²) in [5, 5.41) is 11.5. The van der Waals surface area contributed by atoms with E-state index in [1.54, 1.807) is 24.3 Å². The number of carbonyl (C=O) groups excluding carboxylic acids is 1. The molecule has 0 atom stereocenters. The van der Waals surface area contributed by atoms with Gasteiger partial charge in [-0.2, -0.15) is 5.26 Å². The van der Waals surface area contributed by atoms with Crippen LogP contribution in [0.1, 0.15) is 21.5 Å². The molecule has 0 unspecified atom stereocenters. The van der Waals surface area contributed by atoms with Crippen LogP contribution in [-0.4, -0.2) is 5.91 Å². The molecule has 0 fully saturated rings. The predicted octanol–water partition coefficient (Wildman–Crippen LogP) is 3.88. The molecule has 0 saturated carbocycles. The molecule has 0 aliphatic carbocycles. The zero-order valence-electron chi connectivity index (χ0n) is 10.3. The van der Waals surface area contributed by atoms with Gasteiger partial charge >= 0.3 is 0 Å². The number of anilines is 1. The number of nitrogens with zero attached hydrogens (tertiary/aromatic N) is 1. The lowest BCUT2D eigenvalue weighted by Gasteiger charge is -2.07. The van der Waals surface area contributed by atoms with Crippen molar-refractivity contribution in [2.75, 3.05) is 5.32 Å². The van der Waals surface area contributed by atoms with Crippen LogP contribution in [0.25, 0.3) is 0 Å². The molecule has 0 aliphatic heterocycles. The molecule has 1 amide bonds. The Labute approximate surface area is 120 Å². The topological polar surface area (TPSA) is 52.9 Å². The number of hydrogen-bond acceptors (Lipinski definition) is 2. The summed E-state index contributed by atoms with van der Waals surface area (Å²) >= 11 is 3.41. The van der Waals surface area contributed by atoms with Crippen LogP contribution in [0.4, 0.5) is 5.69 Å². The van der Waals surface area contributed by atoms with Crippen molar-refractivity contribution < 1.29 is 4.79 Å². The lowest BCUT2D eigenvalue weighted by Crippen LogP contribution is -2.11. The molecule has 0 aromatic heterocycles. The predicted molar refractivity (Wildman–Crippen MR) is 78.0 cm³/mol. The van der Waals surface area contributed by atoms with Gasteiger partial charge in [0.05, 0.1) is 11.6 Å². The Hall–Kier alpha value is -2.12. The average Bonchev–Trinajstić information content (AvgIpc) is 2.43. The van der Waals surface area contributed by atoms with Crippen LogP contribution in [-0.2, 0) is 0 Å². The number of rotatable bonds is 2. The first-order valence-electron chi connectivity index (χ1n) is 5.68. The van der Waals surface area contributed by atoms with E-state index in [0.717, 1.165) is 15.7 Å². The molecule has 3 nitrogen and oxygen atoms in total. The minimum atomic E-state index is -0.189. The number of halogens is 1. The zero-order valence-corrected chi connectivity index (χ0v) is 11.9. The first kappa shape index (κ1) is 13.3. The second-order valence-electron chi connectivity index (χ2n) is 4.11. The lowest BCUT2D eigenvalue weighted by atomic mass is 10.1. The van der Waals surface area contributed by atoms with Gasteiger partial charge in [0, 0.05) is 15.7 Å². The van der Waals surface area contributed by atoms with Gasteiger partial charge in [-0.25, -0.2) is 0 Å². The molecule has 19 heavy (non-hydrogen) atoms. The molecule has 2 aromatic rings. The van der Waals surface area contributed by atoms with Gasteiger partial charge in [0.25, 0.3) is 5.91 Å². The number of amides is 1. The summed E-state index contributed by atoms with van der Waals surface area (Å²) in [6, 6.07) is 14.2. The van der Waals surface area contributed by atoms with Crippen molar-refractivity contribution >= 4 is 27.5 Å². The van der Waals surface area contributed by atoms with Gasteiger partial charge in [-0.05, 0) is 55.0 Å². The molecule has 0 spiro atoms. The maximum atomic E-state index is 12.0. The maximum Gasteiger partial charge on any atom is 0.255 e. The molecule has 0 radical (unpaired) electrons. The minimum Gasteiger partial charge on any atom is -0.322 e. The highest BCUT2D eigenvalue weighted by Crippen LogP contribution is 2.20. The van der Waals surface area contributed by atoms with E-state index in [2.05, 4.69) is 21.2 Å². The van der Waals surface area contributed by atoms with Crippen molar-refractivity contribution in [3.63, 3.8) is 0 Å². The monoisotopic (exact) mass is 314 g/mol. The Kier molecular flexibility index (Phi) is 3.98. The van der Waals surface area contributed by atoms with E-state index < -0.39 is 0 Å². The summed E-state index contributed by atoms with van der Waals surface area (Å²) in [6.45, 7) is 1.96. The van der Waals surface area contributed by atoms with E-state index in [1.165, 1.54) is 0 Å². The fraction of sp³-hybridized carbons (Fsp3) is 0.0667. The van der Waals surface area contributed by atoms with Crippen LogP contribution < -0.4 is 5.32 Å². The zero-order chi connectivity index (χ0) is 13.8. The minimum absolute atomic E-state index is 0.189. The fourth-order valence-corrected chi connectivity index (χ4v) is 1.87. The number of nitrogens with one attached hydrogen (secondary N) is 1. The van der Waals surface area contributed by atoms with E-state index >= 15 is 0 Å². The van der Waals surface area contributed by atoms with E-state index in [9.17, 15) is 4.79 Å². The van der Waals surface area contributed by atoms with Crippen molar-refractivity contribution in [1.82, 2.24) is 0 Å². The molecule has 2 rings (SSSR count). The second-order valence-corrected chi connectivity index (χ2v) is 4.96. The number of nitriles is 1. The molecule has 0 aliphatic rings. The highest BCUT2D eigenvalue weighted by molar-refractivity contribution is 9.10. The Bertz CT molecular complexity index is 657. The van der Waals surface area contributed by atoms with Gasteiger partial charge in [0.2, 0.25) is 0 Å². The molecule has 0 heterocycles. The van der Waals surface area contributed by atoms with Gasteiger partial charge in [-0.15, -0.1) is 0 Å². The largest absolute Gasteiger partial charge is 0.322 e. The van der Waals surface area contributed by atoms with Crippen molar-refractivity contribution in [2.45, 2.75) is 6.92 Å². The van der Waals surface area contributed by atoms with Crippen molar-refractivity contribution in [3.05, 3.63) is 63.6 Å². The lowest BCUT2D eigenvalue weighted by molar-refractivity contribution is 0.102. The van der Waals surface area contributed by atoms with E-state index in [-0.39, 0.29) is 5.91 Å². The third kappa shape index (κ3) is 3.21. The van der Waals surface area contributed by atoms with Crippen LogP contribution in [0.15, 0.2) is 46.9 Å². The van der Waals surface area contributed by atoms with Crippen molar-refractivity contribution in [2.24, 2.45) is 0 Å². The maximum absolute atomic E-state index is 12.0. The average molecular weight is 315 g/mol. The third-order valence-corrected chi connectivity index (χ3v) is 3.58.